The third kappa shape index (κ3) is 5.65. The maximum atomic E-state index is 11.3. The van der Waals surface area contributed by atoms with Gasteiger partial charge in [-0.3, -0.25) is 4.79 Å². The monoisotopic (exact) mass is 253 g/mol. The zero-order valence-corrected chi connectivity index (χ0v) is 10.4. The number of carbonyl (C=O) groups excluding carboxylic acids is 1. The maximum Gasteiger partial charge on any atom is 0.223 e. The Morgan fingerprint density at radius 3 is 2.94 bits per heavy atom. The van der Waals surface area contributed by atoms with Crippen LogP contribution in [0.5, 0.6) is 5.75 Å². The summed E-state index contributed by atoms with van der Waals surface area (Å²) in [5.74, 6) is 0.522. The molecule has 100 valence electrons. The number of amides is 1. The quantitative estimate of drug-likeness (QED) is 0.650. The van der Waals surface area contributed by atoms with E-state index in [-0.39, 0.29) is 32.1 Å². The Kier molecular flexibility index (Phi) is 6.18. The minimum atomic E-state index is -0.911. The van der Waals surface area contributed by atoms with Crippen molar-refractivity contribution in [3.8, 4) is 5.75 Å². The van der Waals surface area contributed by atoms with E-state index in [0.29, 0.717) is 0 Å². The van der Waals surface area contributed by atoms with Crippen molar-refractivity contribution in [2.75, 3.05) is 19.8 Å². The Morgan fingerprint density at radius 1 is 1.50 bits per heavy atom. The van der Waals surface area contributed by atoms with E-state index in [1.54, 1.807) is 0 Å². The van der Waals surface area contributed by atoms with E-state index in [4.69, 9.17) is 14.9 Å². The van der Waals surface area contributed by atoms with Crippen LogP contribution >= 0.6 is 0 Å². The van der Waals surface area contributed by atoms with Gasteiger partial charge in [0.25, 0.3) is 0 Å². The van der Waals surface area contributed by atoms with Crippen LogP contribution in [0.1, 0.15) is 12.0 Å². The molecular weight excluding hydrogens is 234 g/mol. The lowest BCUT2D eigenvalue weighted by molar-refractivity contribution is -0.122. The summed E-state index contributed by atoms with van der Waals surface area (Å²) >= 11 is 0. The lowest BCUT2D eigenvalue weighted by Crippen LogP contribution is -2.34. The highest BCUT2D eigenvalue weighted by atomic mass is 16.5. The minimum absolute atomic E-state index is 0.0553. The number of hydrogen-bond donors (Lipinski definition) is 3. The molecule has 1 aromatic rings. The molecule has 1 rings (SSSR count). The van der Waals surface area contributed by atoms with Crippen LogP contribution in [0.25, 0.3) is 0 Å². The topological polar surface area (TPSA) is 78.8 Å². The minimum Gasteiger partial charge on any atom is -0.493 e. The summed E-state index contributed by atoms with van der Waals surface area (Å²) < 4.78 is 5.42. The molecule has 1 unspecified atom stereocenters. The van der Waals surface area contributed by atoms with Crippen LogP contribution in [0.3, 0.4) is 0 Å². The number of benzene rings is 1. The van der Waals surface area contributed by atoms with Crippen LogP contribution in [0.2, 0.25) is 0 Å². The van der Waals surface area contributed by atoms with E-state index in [0.717, 1.165) is 11.3 Å². The van der Waals surface area contributed by atoms with Crippen LogP contribution < -0.4 is 10.1 Å². The van der Waals surface area contributed by atoms with E-state index in [9.17, 15) is 4.79 Å². The molecule has 0 spiro atoms. The fourth-order valence-corrected chi connectivity index (χ4v) is 1.35. The summed E-state index contributed by atoms with van der Waals surface area (Å²) in [5.41, 5.74) is 1.10. The summed E-state index contributed by atoms with van der Waals surface area (Å²) in [6.45, 7) is 1.94. The predicted molar refractivity (Wildman–Crippen MR) is 67.4 cm³/mol. The average molecular weight is 253 g/mol. The summed E-state index contributed by atoms with van der Waals surface area (Å²) in [4.78, 5) is 11.3. The summed E-state index contributed by atoms with van der Waals surface area (Å²) in [7, 11) is 0. The molecule has 0 saturated heterocycles. The van der Waals surface area contributed by atoms with Gasteiger partial charge in [0.2, 0.25) is 5.91 Å². The molecule has 3 N–H and O–H groups in total. The molecule has 0 bridgehead atoms. The summed E-state index contributed by atoms with van der Waals surface area (Å²) in [6.07, 6.45) is -0.696. The van der Waals surface area contributed by atoms with Crippen LogP contribution in [0, 0.1) is 6.92 Å². The zero-order valence-electron chi connectivity index (χ0n) is 10.4. The fraction of sp³-hybridized carbons (Fsp3) is 0.462. The molecular formula is C13H19NO4. The Bertz CT molecular complexity index is 381. The van der Waals surface area contributed by atoms with Crippen molar-refractivity contribution < 1.29 is 19.7 Å². The SMILES string of the molecule is Cc1cccc(OCCC(=O)NCC(O)CO)c1. The Balaban J connectivity index is 2.19. The maximum absolute atomic E-state index is 11.3. The first-order valence-electron chi connectivity index (χ1n) is 5.87. The smallest absolute Gasteiger partial charge is 0.223 e. The van der Waals surface area contributed by atoms with Gasteiger partial charge in [-0.25, -0.2) is 0 Å². The van der Waals surface area contributed by atoms with Gasteiger partial charge in [-0.2, -0.15) is 0 Å². The van der Waals surface area contributed by atoms with Gasteiger partial charge in [-0.1, -0.05) is 12.1 Å². The molecule has 1 atom stereocenters. The number of ether oxygens (including phenoxy) is 1. The van der Waals surface area contributed by atoms with Crippen molar-refractivity contribution in [3.05, 3.63) is 29.8 Å². The number of aryl methyl sites for hydroxylation is 1. The summed E-state index contributed by atoms with van der Waals surface area (Å²) in [6, 6.07) is 7.59. The van der Waals surface area contributed by atoms with Crippen molar-refractivity contribution in [1.82, 2.24) is 5.32 Å². The number of hydrogen-bond acceptors (Lipinski definition) is 4. The molecule has 0 aromatic heterocycles. The Hall–Kier alpha value is -1.59. The summed E-state index contributed by atoms with van der Waals surface area (Å²) in [5, 5.41) is 20.1. The van der Waals surface area contributed by atoms with Gasteiger partial charge in [0, 0.05) is 6.54 Å². The molecule has 5 nitrogen and oxygen atoms in total. The number of nitrogens with one attached hydrogen (secondary N) is 1. The van der Waals surface area contributed by atoms with Crippen molar-refractivity contribution in [1.29, 1.82) is 0 Å². The van der Waals surface area contributed by atoms with Crippen molar-refractivity contribution in [2.24, 2.45) is 0 Å². The Morgan fingerprint density at radius 2 is 2.28 bits per heavy atom. The normalized spacial score (nSPS) is 11.9. The molecule has 5 heteroatoms. The highest BCUT2D eigenvalue weighted by Gasteiger charge is 2.05. The van der Waals surface area contributed by atoms with Gasteiger partial charge in [-0.15, -0.1) is 0 Å². The molecule has 0 saturated carbocycles. The fourth-order valence-electron chi connectivity index (χ4n) is 1.35. The molecule has 0 aliphatic rings. The molecule has 0 heterocycles. The highest BCUT2D eigenvalue weighted by molar-refractivity contribution is 5.76. The molecule has 0 radical (unpaired) electrons. The van der Waals surface area contributed by atoms with Gasteiger partial charge in [-0.05, 0) is 24.6 Å². The zero-order chi connectivity index (χ0) is 13.4. The Labute approximate surface area is 106 Å². The third-order valence-electron chi connectivity index (χ3n) is 2.33. The van der Waals surface area contributed by atoms with E-state index < -0.39 is 6.10 Å². The van der Waals surface area contributed by atoms with Crippen LogP contribution in [0.4, 0.5) is 0 Å². The standard InChI is InChI=1S/C13H19NO4/c1-10-3-2-4-12(7-10)18-6-5-13(17)14-8-11(16)9-15/h2-4,7,11,15-16H,5-6,8-9H2,1H3,(H,14,17). The number of rotatable bonds is 7. The number of aliphatic hydroxyl groups is 2. The van der Waals surface area contributed by atoms with Crippen molar-refractivity contribution >= 4 is 5.91 Å². The first kappa shape index (κ1) is 14.5. The number of aliphatic hydroxyl groups excluding tert-OH is 2. The second-order valence-corrected chi connectivity index (χ2v) is 4.06. The number of carbonyl (C=O) groups is 1. The molecule has 18 heavy (non-hydrogen) atoms. The van der Waals surface area contributed by atoms with Crippen molar-refractivity contribution in [3.63, 3.8) is 0 Å². The van der Waals surface area contributed by atoms with Gasteiger partial charge >= 0.3 is 0 Å². The first-order valence-corrected chi connectivity index (χ1v) is 5.87. The van der Waals surface area contributed by atoms with Crippen LogP contribution in [0.15, 0.2) is 24.3 Å². The molecule has 0 aliphatic heterocycles. The third-order valence-corrected chi connectivity index (χ3v) is 2.33. The van der Waals surface area contributed by atoms with Gasteiger partial charge in [0.05, 0.1) is 25.7 Å². The predicted octanol–water partition coefficient (Wildman–Crippen LogP) is 0.233. The molecule has 1 aromatic carbocycles. The average Bonchev–Trinajstić information content (AvgIpc) is 2.36. The highest BCUT2D eigenvalue weighted by Crippen LogP contribution is 2.12. The molecule has 0 aliphatic carbocycles. The first-order chi connectivity index (χ1) is 8.61. The second kappa shape index (κ2) is 7.68. The largest absolute Gasteiger partial charge is 0.493 e. The second-order valence-electron chi connectivity index (χ2n) is 4.06. The van der Waals surface area contributed by atoms with Crippen LogP contribution in [-0.2, 0) is 4.79 Å². The lowest BCUT2D eigenvalue weighted by atomic mass is 10.2. The van der Waals surface area contributed by atoms with E-state index in [1.165, 1.54) is 0 Å². The van der Waals surface area contributed by atoms with E-state index in [2.05, 4.69) is 5.32 Å². The van der Waals surface area contributed by atoms with Gasteiger partial charge in [0.15, 0.2) is 0 Å². The molecule has 1 amide bonds. The van der Waals surface area contributed by atoms with Gasteiger partial charge < -0.3 is 20.3 Å². The lowest BCUT2D eigenvalue weighted by Gasteiger charge is -2.10. The van der Waals surface area contributed by atoms with Gasteiger partial charge in [0.1, 0.15) is 5.75 Å². The van der Waals surface area contributed by atoms with Crippen molar-refractivity contribution in [2.45, 2.75) is 19.4 Å². The van der Waals surface area contributed by atoms with Crippen LogP contribution in [-0.4, -0.2) is 42.0 Å². The van der Waals surface area contributed by atoms with E-state index >= 15 is 0 Å². The molecule has 0 fully saturated rings. The van der Waals surface area contributed by atoms with E-state index in [1.807, 2.05) is 31.2 Å².